The van der Waals surface area contributed by atoms with Gasteiger partial charge in [-0.05, 0) is 32.7 Å². The lowest BCUT2D eigenvalue weighted by Crippen LogP contribution is -1.70. The second-order valence-electron chi connectivity index (χ2n) is 1.08. The zero-order valence-electron chi connectivity index (χ0n) is 3.57. The molecule has 1 aliphatic rings. The Balaban J connectivity index is 2.82. The second kappa shape index (κ2) is 2.96. The van der Waals surface area contributed by atoms with Gasteiger partial charge in [0.05, 0.1) is 0 Å². The van der Waals surface area contributed by atoms with E-state index in [1.54, 1.807) is 0 Å². The minimum atomic E-state index is 0.288. The Hall–Kier alpha value is 0.810. The monoisotopic (exact) mass is 318 g/mol. The van der Waals surface area contributed by atoms with Crippen molar-refractivity contribution in [3.8, 4) is 0 Å². The van der Waals surface area contributed by atoms with E-state index in [1.807, 2.05) is 0 Å². The number of rotatable bonds is 0. The highest BCUT2D eigenvalue weighted by Crippen LogP contribution is 2.13. The van der Waals surface area contributed by atoms with Crippen molar-refractivity contribution in [2.45, 2.75) is 0 Å². The van der Waals surface area contributed by atoms with Crippen LogP contribution in [-0.2, 0) is 0 Å². The molecule has 0 N–H and O–H groups in total. The van der Waals surface area contributed by atoms with Crippen LogP contribution in [0.25, 0.3) is 0 Å². The zero-order valence-corrected chi connectivity index (χ0v) is 7.88. The van der Waals surface area contributed by atoms with Gasteiger partial charge < -0.3 is 0 Å². The maximum absolute atomic E-state index is 2.38. The Labute approximate surface area is 66.6 Å². The van der Waals surface area contributed by atoms with Gasteiger partial charge in [-0.3, -0.25) is 0 Å². The minimum Gasteiger partial charge on any atom is -0.0788 e. The fraction of sp³-hybridized carbons (Fsp3) is 0. The quantitative estimate of drug-likeness (QED) is 0.603. The van der Waals surface area contributed by atoms with Crippen LogP contribution in [0.4, 0.5) is 0 Å². The van der Waals surface area contributed by atoms with Crippen molar-refractivity contribution in [1.82, 2.24) is 0 Å². The summed E-state index contributed by atoms with van der Waals surface area (Å²) in [4.78, 5) is 0. The topological polar surface area (TPSA) is 0 Å². The lowest BCUT2D eigenvalue weighted by molar-refractivity contribution is 2.09. The first-order valence-electron chi connectivity index (χ1n) is 1.88. The first kappa shape index (κ1) is 5.94. The highest BCUT2D eigenvalue weighted by molar-refractivity contribution is 14.2. The molecule has 7 heavy (non-hydrogen) atoms. The van der Waals surface area contributed by atoms with Crippen LogP contribution in [0.15, 0.2) is 22.3 Å². The number of hydrogen-bond acceptors (Lipinski definition) is 0. The molecule has 0 saturated carbocycles. The van der Waals surface area contributed by atoms with Gasteiger partial charge in [0.25, 0.3) is 0 Å². The second-order valence-corrected chi connectivity index (χ2v) is 6.81. The molecule has 0 spiro atoms. The van der Waals surface area contributed by atoms with Gasteiger partial charge in [-0.25, -0.2) is 0 Å². The molecule has 0 atom stereocenters. The number of hydrogen-bond donors (Lipinski definition) is 0. The van der Waals surface area contributed by atoms with E-state index in [9.17, 15) is 0 Å². The van der Waals surface area contributed by atoms with Crippen molar-refractivity contribution in [3.63, 3.8) is 0 Å². The maximum atomic E-state index is 2.38. The van der Waals surface area contributed by atoms with Gasteiger partial charge in [-0.2, -0.15) is 0 Å². The molecule has 0 aliphatic carbocycles. The largest absolute Gasteiger partial charge is 0.0788 e. The van der Waals surface area contributed by atoms with Crippen molar-refractivity contribution in [1.29, 1.82) is 0 Å². The summed E-state index contributed by atoms with van der Waals surface area (Å²) in [5.74, 6) is 0. The van der Waals surface area contributed by atoms with Crippen LogP contribution in [0.2, 0.25) is 0 Å². The summed E-state index contributed by atoms with van der Waals surface area (Å²) in [5, 5.41) is 0. The molecular formula is C5H4I2. The molecule has 0 nitrogen and oxygen atoms in total. The normalized spacial score (nSPS) is 18.1. The van der Waals surface area contributed by atoms with E-state index in [4.69, 9.17) is 0 Å². The standard InChI is InChI=1S/C5H4I2/c6-5-3-1-2-4-7-5/h1-4H. The highest BCUT2D eigenvalue weighted by atomic mass is 127. The summed E-state index contributed by atoms with van der Waals surface area (Å²) in [7, 11) is 0. The first-order chi connectivity index (χ1) is 3.39. The molecule has 0 bridgehead atoms. The summed E-state index contributed by atoms with van der Waals surface area (Å²) in [6.07, 6.45) is 6.38. The molecule has 0 aromatic heterocycles. The van der Waals surface area contributed by atoms with Crippen LogP contribution < -0.4 is 0 Å². The van der Waals surface area contributed by atoms with E-state index in [0.717, 1.165) is 0 Å². The average Bonchev–Trinajstić information content (AvgIpc) is 1.69. The maximum Gasteiger partial charge on any atom is 0.0461 e. The van der Waals surface area contributed by atoms with Crippen LogP contribution in [0.3, 0.4) is 0 Å². The summed E-state index contributed by atoms with van der Waals surface area (Å²) < 4.78 is 3.79. The molecule has 1 heterocycles. The minimum absolute atomic E-state index is 0.288. The van der Waals surface area contributed by atoms with Crippen LogP contribution in [-0.4, -0.2) is 1.52 Å². The SMILES string of the molecule is IC1=IC=CC=C1. The third kappa shape index (κ3) is 2.03. The molecule has 0 unspecified atom stereocenters. The third-order valence-electron chi connectivity index (χ3n) is 0.573. The number of allylic oxidation sites excluding steroid dienone is 3. The van der Waals surface area contributed by atoms with Gasteiger partial charge in [0.2, 0.25) is 0 Å². The van der Waals surface area contributed by atoms with Crippen molar-refractivity contribution >= 4 is 44.8 Å². The molecule has 0 saturated heterocycles. The van der Waals surface area contributed by atoms with Crippen LogP contribution in [0, 0.1) is 0 Å². The zero-order chi connectivity index (χ0) is 5.11. The van der Waals surface area contributed by atoms with Crippen LogP contribution >= 0.6 is 43.3 Å². The van der Waals surface area contributed by atoms with Gasteiger partial charge >= 0.3 is 0 Å². The molecule has 2 heteroatoms. The van der Waals surface area contributed by atoms with Gasteiger partial charge in [-0.1, -0.05) is 32.9 Å². The number of halogens is 2. The van der Waals surface area contributed by atoms with Gasteiger partial charge in [0.15, 0.2) is 0 Å². The summed E-state index contributed by atoms with van der Waals surface area (Å²) in [6, 6.07) is 0. The van der Waals surface area contributed by atoms with Gasteiger partial charge in [-0.15, -0.1) is 0 Å². The molecule has 38 valence electrons. The van der Waals surface area contributed by atoms with Crippen molar-refractivity contribution in [3.05, 3.63) is 22.3 Å². The predicted octanol–water partition coefficient (Wildman–Crippen LogP) is 2.61. The van der Waals surface area contributed by atoms with Crippen LogP contribution in [0.1, 0.15) is 0 Å². The van der Waals surface area contributed by atoms with Gasteiger partial charge in [0.1, 0.15) is 0 Å². The van der Waals surface area contributed by atoms with E-state index in [1.165, 1.54) is 1.52 Å². The molecular weight excluding hydrogens is 314 g/mol. The van der Waals surface area contributed by atoms with E-state index < -0.39 is 0 Å². The Bertz CT molecular complexity index is 142. The van der Waals surface area contributed by atoms with E-state index in [0.29, 0.717) is 0 Å². The Morgan fingerprint density at radius 1 is 1.43 bits per heavy atom. The molecule has 0 amide bonds. The van der Waals surface area contributed by atoms with Crippen molar-refractivity contribution in [2.24, 2.45) is 0 Å². The molecule has 0 fully saturated rings. The van der Waals surface area contributed by atoms with Crippen molar-refractivity contribution < 1.29 is 0 Å². The van der Waals surface area contributed by atoms with E-state index >= 15 is 0 Å². The molecule has 0 aromatic carbocycles. The van der Waals surface area contributed by atoms with Gasteiger partial charge in [0, 0.05) is 1.52 Å². The van der Waals surface area contributed by atoms with E-state index in [2.05, 4.69) is 44.9 Å². The lowest BCUT2D eigenvalue weighted by atomic mass is 10.5. The summed E-state index contributed by atoms with van der Waals surface area (Å²) in [6.45, 7) is 0. The molecule has 0 aromatic rings. The average molecular weight is 318 g/mol. The first-order valence-corrected chi connectivity index (χ1v) is 5.29. The third-order valence-corrected chi connectivity index (χ3v) is 4.24. The summed E-state index contributed by atoms with van der Waals surface area (Å²) >= 11 is 2.67. The smallest absolute Gasteiger partial charge is 0.0461 e. The fourth-order valence-corrected chi connectivity index (χ4v) is 2.63. The molecule has 1 aliphatic heterocycles. The lowest BCUT2D eigenvalue weighted by Gasteiger charge is -1.86. The van der Waals surface area contributed by atoms with Crippen molar-refractivity contribution in [2.75, 3.05) is 0 Å². The fourth-order valence-electron chi connectivity index (χ4n) is 0.303. The Morgan fingerprint density at radius 3 is 2.57 bits per heavy atom. The molecule has 1 rings (SSSR count). The summed E-state index contributed by atoms with van der Waals surface area (Å²) in [5.41, 5.74) is 0. The van der Waals surface area contributed by atoms with Crippen LogP contribution in [0.5, 0.6) is 0 Å². The molecule has 0 radical (unpaired) electrons. The Kier molecular flexibility index (Phi) is 2.51. The highest BCUT2D eigenvalue weighted by Gasteiger charge is 1.82. The predicted molar refractivity (Wildman–Crippen MR) is 51.3 cm³/mol. The Morgan fingerprint density at radius 2 is 2.29 bits per heavy atom. The van der Waals surface area contributed by atoms with E-state index in [-0.39, 0.29) is 20.7 Å².